The first-order valence-corrected chi connectivity index (χ1v) is 6.30. The maximum Gasteiger partial charge on any atom is 0.161 e. The number of nitrogens with zero attached hydrogens (tertiary/aromatic N) is 1. The highest BCUT2D eigenvalue weighted by atomic mass is 35.5. The largest absolute Gasteiger partial charge is 0.378 e. The van der Waals surface area contributed by atoms with Gasteiger partial charge in [-0.25, -0.2) is 0 Å². The van der Waals surface area contributed by atoms with Crippen molar-refractivity contribution in [1.29, 1.82) is 5.41 Å². The molecule has 0 bridgehead atoms. The summed E-state index contributed by atoms with van der Waals surface area (Å²) in [5.41, 5.74) is 0. The Morgan fingerprint density at radius 1 is 1.25 bits per heavy atom. The van der Waals surface area contributed by atoms with E-state index in [2.05, 4.69) is 0 Å². The van der Waals surface area contributed by atoms with Crippen molar-refractivity contribution in [2.24, 2.45) is 0 Å². The van der Waals surface area contributed by atoms with Gasteiger partial charge in [-0.15, -0.1) is 0 Å². The van der Waals surface area contributed by atoms with Gasteiger partial charge in [0, 0.05) is 23.0 Å². The lowest BCUT2D eigenvalue weighted by molar-refractivity contribution is 0.0690. The van der Waals surface area contributed by atoms with Crippen LogP contribution in [0.15, 0.2) is 29.2 Å². The predicted molar refractivity (Wildman–Crippen MR) is 67.4 cm³/mol. The van der Waals surface area contributed by atoms with Crippen LogP contribution in [-0.4, -0.2) is 36.4 Å². The van der Waals surface area contributed by atoms with E-state index in [1.54, 1.807) is 0 Å². The normalized spacial score (nSPS) is 16.2. The van der Waals surface area contributed by atoms with E-state index in [1.165, 1.54) is 11.8 Å². The molecule has 1 aliphatic rings. The van der Waals surface area contributed by atoms with Gasteiger partial charge in [-0.1, -0.05) is 23.4 Å². The molecule has 0 atom stereocenters. The molecule has 0 radical (unpaired) electrons. The summed E-state index contributed by atoms with van der Waals surface area (Å²) >= 11 is 7.26. The topological polar surface area (TPSA) is 36.3 Å². The molecule has 1 N–H and O–H groups in total. The van der Waals surface area contributed by atoms with E-state index in [1.807, 2.05) is 29.2 Å². The summed E-state index contributed by atoms with van der Waals surface area (Å²) in [7, 11) is 0. The minimum absolute atomic E-state index is 0.575. The number of rotatable bonds is 1. The van der Waals surface area contributed by atoms with E-state index < -0.39 is 0 Å². The zero-order valence-electron chi connectivity index (χ0n) is 8.78. The van der Waals surface area contributed by atoms with Crippen molar-refractivity contribution < 1.29 is 4.74 Å². The molecule has 0 aromatic heterocycles. The van der Waals surface area contributed by atoms with Gasteiger partial charge in [0.05, 0.1) is 13.2 Å². The van der Waals surface area contributed by atoms with Crippen LogP contribution in [0.3, 0.4) is 0 Å². The summed E-state index contributed by atoms with van der Waals surface area (Å²) < 4.78 is 5.25. The minimum Gasteiger partial charge on any atom is -0.378 e. The van der Waals surface area contributed by atoms with Crippen LogP contribution in [0.4, 0.5) is 0 Å². The zero-order chi connectivity index (χ0) is 11.4. The maximum absolute atomic E-state index is 7.97. The second-order valence-electron chi connectivity index (χ2n) is 3.46. The average Bonchev–Trinajstić information content (AvgIpc) is 2.33. The number of ether oxygens (including phenoxy) is 1. The van der Waals surface area contributed by atoms with Gasteiger partial charge in [0.1, 0.15) is 0 Å². The van der Waals surface area contributed by atoms with Crippen molar-refractivity contribution in [3.63, 3.8) is 0 Å². The molecule has 1 aromatic rings. The van der Waals surface area contributed by atoms with Gasteiger partial charge in [-0.2, -0.15) is 0 Å². The summed E-state index contributed by atoms with van der Waals surface area (Å²) in [6, 6.07) is 7.55. The lowest BCUT2D eigenvalue weighted by Gasteiger charge is -2.28. The van der Waals surface area contributed by atoms with E-state index >= 15 is 0 Å². The molecule has 86 valence electrons. The van der Waals surface area contributed by atoms with Crippen LogP contribution in [0.1, 0.15) is 0 Å². The lowest BCUT2D eigenvalue weighted by atomic mass is 10.4. The molecule has 0 saturated carbocycles. The summed E-state index contributed by atoms with van der Waals surface area (Å²) in [6.07, 6.45) is 0. The molecule has 1 fully saturated rings. The standard InChI is InChI=1S/C11H13ClN2OS/c12-9-1-3-10(4-2-9)16-11(13)14-5-7-15-8-6-14/h1-4,13H,5-8H2. The second kappa shape index (κ2) is 5.57. The summed E-state index contributed by atoms with van der Waals surface area (Å²) in [4.78, 5) is 3.07. The minimum atomic E-state index is 0.575. The van der Waals surface area contributed by atoms with E-state index in [9.17, 15) is 0 Å². The fraction of sp³-hybridized carbons (Fsp3) is 0.364. The third kappa shape index (κ3) is 3.14. The van der Waals surface area contributed by atoms with Gasteiger partial charge in [-0.3, -0.25) is 5.41 Å². The third-order valence-electron chi connectivity index (χ3n) is 2.33. The lowest BCUT2D eigenvalue weighted by Crippen LogP contribution is -2.38. The molecule has 0 unspecified atom stereocenters. The van der Waals surface area contributed by atoms with E-state index in [0.29, 0.717) is 18.4 Å². The van der Waals surface area contributed by atoms with Gasteiger partial charge in [-0.05, 0) is 24.3 Å². The maximum atomic E-state index is 7.97. The SMILES string of the molecule is N=C(Sc1ccc(Cl)cc1)N1CCOCC1. The Kier molecular flexibility index (Phi) is 4.09. The van der Waals surface area contributed by atoms with Crippen LogP contribution < -0.4 is 0 Å². The van der Waals surface area contributed by atoms with Crippen molar-refractivity contribution in [3.8, 4) is 0 Å². The van der Waals surface area contributed by atoms with Gasteiger partial charge in [0.25, 0.3) is 0 Å². The molecular formula is C11H13ClN2OS. The van der Waals surface area contributed by atoms with Crippen LogP contribution >= 0.6 is 23.4 Å². The second-order valence-corrected chi connectivity index (χ2v) is 4.96. The number of thioether (sulfide) groups is 1. The number of hydrogen-bond acceptors (Lipinski definition) is 3. The van der Waals surface area contributed by atoms with Gasteiger partial charge >= 0.3 is 0 Å². The molecule has 1 heterocycles. The predicted octanol–water partition coefficient (Wildman–Crippen LogP) is 2.70. The van der Waals surface area contributed by atoms with Crippen molar-refractivity contribution in [1.82, 2.24) is 4.90 Å². The molecule has 1 aromatic carbocycles. The molecule has 3 nitrogen and oxygen atoms in total. The highest BCUT2D eigenvalue weighted by molar-refractivity contribution is 8.13. The fourth-order valence-corrected chi connectivity index (χ4v) is 2.38. The molecule has 0 amide bonds. The molecule has 1 aliphatic heterocycles. The average molecular weight is 257 g/mol. The van der Waals surface area contributed by atoms with E-state index in [0.717, 1.165) is 23.0 Å². The molecule has 1 saturated heterocycles. The molecular weight excluding hydrogens is 244 g/mol. The smallest absolute Gasteiger partial charge is 0.161 e. The Bertz CT molecular complexity index is 363. The van der Waals surface area contributed by atoms with Crippen LogP contribution in [0.5, 0.6) is 0 Å². The highest BCUT2D eigenvalue weighted by Gasteiger charge is 2.14. The molecule has 0 spiro atoms. The van der Waals surface area contributed by atoms with Crippen LogP contribution in [0.2, 0.25) is 5.02 Å². The van der Waals surface area contributed by atoms with Crippen LogP contribution in [-0.2, 0) is 4.74 Å². The number of benzene rings is 1. The monoisotopic (exact) mass is 256 g/mol. The first-order valence-electron chi connectivity index (χ1n) is 5.10. The fourth-order valence-electron chi connectivity index (χ4n) is 1.45. The van der Waals surface area contributed by atoms with Crippen molar-refractivity contribution in [2.75, 3.05) is 26.3 Å². The molecule has 16 heavy (non-hydrogen) atoms. The van der Waals surface area contributed by atoms with E-state index in [-0.39, 0.29) is 0 Å². The number of halogens is 1. The quantitative estimate of drug-likeness (QED) is 0.477. The van der Waals surface area contributed by atoms with Gasteiger partial charge in [0.15, 0.2) is 5.17 Å². The van der Waals surface area contributed by atoms with Crippen molar-refractivity contribution >= 4 is 28.5 Å². The highest BCUT2D eigenvalue weighted by Crippen LogP contribution is 2.22. The van der Waals surface area contributed by atoms with Gasteiger partial charge < -0.3 is 9.64 Å². The first kappa shape index (κ1) is 11.8. The number of amidine groups is 1. The Morgan fingerprint density at radius 2 is 1.88 bits per heavy atom. The van der Waals surface area contributed by atoms with Crippen LogP contribution in [0.25, 0.3) is 0 Å². The van der Waals surface area contributed by atoms with Crippen LogP contribution in [0, 0.1) is 5.41 Å². The zero-order valence-corrected chi connectivity index (χ0v) is 10.4. The Hall–Kier alpha value is -0.710. The van der Waals surface area contributed by atoms with Crippen molar-refractivity contribution in [2.45, 2.75) is 4.90 Å². The summed E-state index contributed by atoms with van der Waals surface area (Å²) in [5, 5.41) is 9.27. The number of hydrogen-bond donors (Lipinski definition) is 1. The number of nitrogens with one attached hydrogen (secondary N) is 1. The Morgan fingerprint density at radius 3 is 2.50 bits per heavy atom. The Labute approximate surface area is 104 Å². The first-order chi connectivity index (χ1) is 7.75. The Balaban J connectivity index is 1.93. The molecule has 2 rings (SSSR count). The summed E-state index contributed by atoms with van der Waals surface area (Å²) in [5.74, 6) is 0. The molecule has 5 heteroatoms. The van der Waals surface area contributed by atoms with Crippen molar-refractivity contribution in [3.05, 3.63) is 29.3 Å². The molecule has 0 aliphatic carbocycles. The summed E-state index contributed by atoms with van der Waals surface area (Å²) in [6.45, 7) is 3.03. The van der Waals surface area contributed by atoms with Gasteiger partial charge in [0.2, 0.25) is 0 Å². The van der Waals surface area contributed by atoms with E-state index in [4.69, 9.17) is 21.7 Å². The third-order valence-corrected chi connectivity index (χ3v) is 3.54. The number of morpholine rings is 1.